The fraction of sp³-hybridized carbons (Fsp3) is 0.714. The predicted octanol–water partition coefficient (Wildman–Crippen LogP) is 3.15. The maximum Gasteiger partial charge on any atom is 0.325 e. The van der Waals surface area contributed by atoms with Crippen molar-refractivity contribution in [2.45, 2.75) is 50.3 Å². The second kappa shape index (κ2) is 4.75. The summed E-state index contributed by atoms with van der Waals surface area (Å²) in [4.78, 5) is 10.2. The van der Waals surface area contributed by atoms with Gasteiger partial charge < -0.3 is 0 Å². The van der Waals surface area contributed by atoms with Crippen LogP contribution < -0.4 is 4.72 Å². The molecule has 0 spiro atoms. The van der Waals surface area contributed by atoms with Gasteiger partial charge in [-0.25, -0.2) is 13.1 Å². The summed E-state index contributed by atoms with van der Waals surface area (Å²) >= 11 is 0.701. The van der Waals surface area contributed by atoms with E-state index in [1.807, 2.05) is 0 Å². The maximum atomic E-state index is 12.5. The molecule has 2 aliphatic rings. The van der Waals surface area contributed by atoms with Gasteiger partial charge in [0.1, 0.15) is 4.21 Å². The first kappa shape index (κ1) is 15.9. The normalized spacial score (nSPS) is 33.2. The van der Waals surface area contributed by atoms with Crippen LogP contribution in [0.2, 0.25) is 0 Å². The Morgan fingerprint density at radius 3 is 2.50 bits per heavy atom. The smallest absolute Gasteiger partial charge is 0.258 e. The molecule has 0 saturated heterocycles. The van der Waals surface area contributed by atoms with Crippen LogP contribution in [0.25, 0.3) is 0 Å². The molecule has 0 radical (unpaired) electrons. The first-order valence-corrected chi connectivity index (χ1v) is 9.64. The first-order chi connectivity index (χ1) is 10.1. The van der Waals surface area contributed by atoms with Gasteiger partial charge in [0.05, 0.1) is 4.92 Å². The zero-order valence-electron chi connectivity index (χ0n) is 12.8. The molecule has 0 unspecified atom stereocenters. The van der Waals surface area contributed by atoms with Crippen LogP contribution in [-0.2, 0) is 10.0 Å². The number of thiophene rings is 1. The SMILES string of the molecule is CC1(C)[C@H]2CC[C@@]1(C)[C@@H](NS(=O)(=O)c1ccc([N+](=O)[O-])s1)C2. The number of rotatable bonds is 4. The Balaban J connectivity index is 1.85. The van der Waals surface area contributed by atoms with Gasteiger partial charge in [-0.1, -0.05) is 20.8 Å². The predicted molar refractivity (Wildman–Crippen MR) is 84.3 cm³/mol. The molecule has 6 nitrogen and oxygen atoms in total. The van der Waals surface area contributed by atoms with Gasteiger partial charge in [-0.2, -0.15) is 0 Å². The fourth-order valence-electron chi connectivity index (χ4n) is 4.18. The number of nitrogens with zero attached hydrogens (tertiary/aromatic N) is 1. The van der Waals surface area contributed by atoms with Crippen molar-refractivity contribution in [3.63, 3.8) is 0 Å². The van der Waals surface area contributed by atoms with E-state index in [0.717, 1.165) is 19.3 Å². The van der Waals surface area contributed by atoms with Gasteiger partial charge in [0.15, 0.2) is 0 Å². The van der Waals surface area contributed by atoms with E-state index < -0.39 is 14.9 Å². The number of fused-ring (bicyclic) bond motifs is 2. The van der Waals surface area contributed by atoms with E-state index in [1.54, 1.807) is 0 Å². The Kier molecular flexibility index (Phi) is 3.43. The topological polar surface area (TPSA) is 89.3 Å². The molecular formula is C14H20N2O4S2. The van der Waals surface area contributed by atoms with Crippen molar-refractivity contribution in [2.75, 3.05) is 0 Å². The standard InChI is InChI=1S/C14H20N2O4S2/c1-13(2)9-6-7-14(13,3)10(8-9)15-22(19,20)12-5-4-11(21-12)16(17)18/h4-5,9-10,15H,6-8H2,1-3H3/t9-,10-,14-/m0/s1. The minimum atomic E-state index is -3.70. The molecule has 0 aliphatic heterocycles. The van der Waals surface area contributed by atoms with Crippen LogP contribution in [0, 0.1) is 26.9 Å². The van der Waals surface area contributed by atoms with Crippen LogP contribution in [0.5, 0.6) is 0 Å². The highest BCUT2D eigenvalue weighted by Gasteiger charge is 2.61. The van der Waals surface area contributed by atoms with Crippen LogP contribution in [-0.4, -0.2) is 19.4 Å². The molecule has 122 valence electrons. The Labute approximate surface area is 134 Å². The highest BCUT2D eigenvalue weighted by molar-refractivity contribution is 7.91. The summed E-state index contributed by atoms with van der Waals surface area (Å²) in [5.74, 6) is 0.530. The molecule has 0 amide bonds. The minimum absolute atomic E-state index is 0.0170. The van der Waals surface area contributed by atoms with E-state index in [2.05, 4.69) is 25.5 Å². The average Bonchev–Trinajstić information content (AvgIpc) is 3.02. The molecule has 2 fully saturated rings. The number of hydrogen-bond acceptors (Lipinski definition) is 5. The monoisotopic (exact) mass is 344 g/mol. The third-order valence-corrected chi connectivity index (χ3v) is 9.10. The molecule has 2 bridgehead atoms. The second-order valence-electron chi connectivity index (χ2n) is 7.13. The molecule has 22 heavy (non-hydrogen) atoms. The van der Waals surface area contributed by atoms with Crippen LogP contribution in [0.1, 0.15) is 40.0 Å². The largest absolute Gasteiger partial charge is 0.325 e. The summed E-state index contributed by atoms with van der Waals surface area (Å²) in [5.41, 5.74) is 0.0512. The lowest BCUT2D eigenvalue weighted by atomic mass is 9.69. The van der Waals surface area contributed by atoms with Gasteiger partial charge in [-0.3, -0.25) is 10.1 Å². The zero-order valence-corrected chi connectivity index (χ0v) is 14.5. The van der Waals surface area contributed by atoms with Crippen LogP contribution in [0.3, 0.4) is 0 Å². The van der Waals surface area contributed by atoms with E-state index in [-0.39, 0.29) is 26.1 Å². The molecule has 3 atom stereocenters. The van der Waals surface area contributed by atoms with E-state index >= 15 is 0 Å². The van der Waals surface area contributed by atoms with Crippen LogP contribution in [0.15, 0.2) is 16.3 Å². The summed E-state index contributed by atoms with van der Waals surface area (Å²) in [6, 6.07) is 2.45. The Morgan fingerprint density at radius 1 is 1.36 bits per heavy atom. The van der Waals surface area contributed by atoms with Crippen LogP contribution in [0.4, 0.5) is 5.00 Å². The van der Waals surface area contributed by atoms with Crippen molar-refractivity contribution >= 4 is 26.4 Å². The third-order valence-electron chi connectivity index (χ3n) is 6.10. The van der Waals surface area contributed by atoms with Crippen molar-refractivity contribution < 1.29 is 13.3 Å². The highest BCUT2D eigenvalue weighted by atomic mass is 32.2. The molecule has 1 aromatic heterocycles. The summed E-state index contributed by atoms with van der Waals surface area (Å²) in [6.45, 7) is 6.59. The van der Waals surface area contributed by atoms with E-state index in [4.69, 9.17) is 0 Å². The van der Waals surface area contributed by atoms with Gasteiger partial charge in [0.2, 0.25) is 0 Å². The molecule has 8 heteroatoms. The first-order valence-electron chi connectivity index (χ1n) is 7.34. The third kappa shape index (κ3) is 2.11. The Morgan fingerprint density at radius 2 is 2.05 bits per heavy atom. The molecule has 3 rings (SSSR count). The number of hydrogen-bond donors (Lipinski definition) is 1. The molecular weight excluding hydrogens is 324 g/mol. The average molecular weight is 344 g/mol. The highest BCUT2D eigenvalue weighted by Crippen LogP contribution is 2.65. The van der Waals surface area contributed by atoms with Gasteiger partial charge in [0.25, 0.3) is 10.0 Å². The Hall–Kier alpha value is -0.990. The quantitative estimate of drug-likeness (QED) is 0.671. The fourth-order valence-corrected chi connectivity index (χ4v) is 6.67. The number of nitrogens with one attached hydrogen (secondary N) is 1. The van der Waals surface area contributed by atoms with E-state index in [1.165, 1.54) is 12.1 Å². The summed E-state index contributed by atoms with van der Waals surface area (Å²) in [5, 5.41) is 10.6. The Bertz CT molecular complexity index is 725. The van der Waals surface area contributed by atoms with Crippen molar-refractivity contribution in [3.05, 3.63) is 22.2 Å². The second-order valence-corrected chi connectivity index (χ2v) is 10.1. The van der Waals surface area contributed by atoms with Crippen molar-refractivity contribution in [1.82, 2.24) is 4.72 Å². The van der Waals surface area contributed by atoms with Gasteiger partial charge in [0, 0.05) is 12.1 Å². The molecule has 2 aliphatic carbocycles. The molecule has 2 saturated carbocycles. The van der Waals surface area contributed by atoms with E-state index in [9.17, 15) is 18.5 Å². The minimum Gasteiger partial charge on any atom is -0.258 e. The lowest BCUT2D eigenvalue weighted by Crippen LogP contribution is -2.46. The summed E-state index contributed by atoms with van der Waals surface area (Å²) in [6.07, 6.45) is 3.00. The molecule has 1 heterocycles. The van der Waals surface area contributed by atoms with Gasteiger partial charge in [-0.05, 0) is 53.4 Å². The molecule has 1 aromatic rings. The summed E-state index contributed by atoms with van der Waals surface area (Å²) < 4.78 is 27.9. The van der Waals surface area contributed by atoms with E-state index in [0.29, 0.717) is 17.3 Å². The van der Waals surface area contributed by atoms with Crippen molar-refractivity contribution in [3.8, 4) is 0 Å². The van der Waals surface area contributed by atoms with Crippen molar-refractivity contribution in [1.29, 1.82) is 0 Å². The lowest BCUT2D eigenvalue weighted by molar-refractivity contribution is -0.380. The molecule has 1 N–H and O–H groups in total. The molecule has 0 aromatic carbocycles. The van der Waals surface area contributed by atoms with Gasteiger partial charge >= 0.3 is 5.00 Å². The van der Waals surface area contributed by atoms with Crippen molar-refractivity contribution in [2.24, 2.45) is 16.7 Å². The lowest BCUT2D eigenvalue weighted by Gasteiger charge is -2.39. The number of nitro groups is 1. The van der Waals surface area contributed by atoms with Crippen LogP contribution >= 0.6 is 11.3 Å². The van der Waals surface area contributed by atoms with Gasteiger partial charge in [-0.15, -0.1) is 0 Å². The summed E-state index contributed by atoms with van der Waals surface area (Å²) in [7, 11) is -3.70. The maximum absolute atomic E-state index is 12.5. The number of sulfonamides is 1. The zero-order chi connectivity index (χ0) is 16.3.